The number of carbonyl (C=O) groups excluding carboxylic acids is 1. The number of hydrogen-bond acceptors (Lipinski definition) is 3. The van der Waals surface area contributed by atoms with Crippen LogP contribution in [0.4, 0.5) is 4.79 Å². The van der Waals surface area contributed by atoms with Gasteiger partial charge in [0, 0.05) is 7.05 Å². The first-order chi connectivity index (χ1) is 5.33. The van der Waals surface area contributed by atoms with E-state index >= 15 is 0 Å². The second kappa shape index (κ2) is 4.18. The maximum absolute atomic E-state index is 10.7. The Morgan fingerprint density at radius 3 is 2.73 bits per heavy atom. The van der Waals surface area contributed by atoms with Gasteiger partial charge >= 0.3 is 6.09 Å². The van der Waals surface area contributed by atoms with E-state index < -0.39 is 0 Å². The molecular weight excluding hydrogens is 144 g/mol. The summed E-state index contributed by atoms with van der Waals surface area (Å²) in [7, 11) is 1.57. The van der Waals surface area contributed by atoms with Crippen molar-refractivity contribution in [3.63, 3.8) is 0 Å². The van der Waals surface area contributed by atoms with Crippen LogP contribution in [-0.4, -0.2) is 32.3 Å². The first-order valence-electron chi connectivity index (χ1n) is 3.92. The molecule has 0 atom stereocenters. The molecule has 1 fully saturated rings. The molecule has 1 aliphatic heterocycles. The minimum Gasteiger partial charge on any atom is -0.446 e. The average molecular weight is 158 g/mol. The van der Waals surface area contributed by atoms with Crippen molar-refractivity contribution in [2.75, 3.05) is 20.1 Å². The molecule has 0 radical (unpaired) electrons. The minimum absolute atomic E-state index is 0.108. The summed E-state index contributed by atoms with van der Waals surface area (Å²) in [5.41, 5.74) is 0. The van der Waals surface area contributed by atoms with E-state index in [0.29, 0.717) is 0 Å². The third-order valence-corrected chi connectivity index (χ3v) is 1.76. The van der Waals surface area contributed by atoms with Crippen molar-refractivity contribution in [3.8, 4) is 0 Å². The van der Waals surface area contributed by atoms with Gasteiger partial charge in [0.1, 0.15) is 6.10 Å². The third-order valence-electron chi connectivity index (χ3n) is 1.76. The molecular formula is C7H14N2O2. The molecule has 0 aromatic heterocycles. The van der Waals surface area contributed by atoms with Gasteiger partial charge in [-0.1, -0.05) is 0 Å². The van der Waals surface area contributed by atoms with Crippen LogP contribution in [0, 0.1) is 0 Å². The number of hydrogen-bond donors (Lipinski definition) is 2. The lowest BCUT2D eigenvalue weighted by Crippen LogP contribution is -2.35. The van der Waals surface area contributed by atoms with Crippen molar-refractivity contribution < 1.29 is 9.53 Å². The van der Waals surface area contributed by atoms with Crippen LogP contribution in [0.1, 0.15) is 12.8 Å². The van der Waals surface area contributed by atoms with E-state index in [1.165, 1.54) is 0 Å². The van der Waals surface area contributed by atoms with Crippen molar-refractivity contribution in [2.24, 2.45) is 0 Å². The van der Waals surface area contributed by atoms with E-state index in [1.54, 1.807) is 7.05 Å². The second-order valence-electron chi connectivity index (χ2n) is 2.60. The molecule has 0 saturated carbocycles. The highest BCUT2D eigenvalue weighted by Crippen LogP contribution is 2.06. The largest absolute Gasteiger partial charge is 0.446 e. The number of nitrogens with one attached hydrogen (secondary N) is 2. The quantitative estimate of drug-likeness (QED) is 0.569. The number of piperidine rings is 1. The van der Waals surface area contributed by atoms with Gasteiger partial charge in [0.25, 0.3) is 0 Å². The van der Waals surface area contributed by atoms with Crippen LogP contribution in [0.2, 0.25) is 0 Å². The van der Waals surface area contributed by atoms with Crippen LogP contribution < -0.4 is 10.6 Å². The average Bonchev–Trinajstić information content (AvgIpc) is 2.06. The molecule has 1 amide bonds. The van der Waals surface area contributed by atoms with Gasteiger partial charge in [0.2, 0.25) is 0 Å². The summed E-state index contributed by atoms with van der Waals surface area (Å²) in [5.74, 6) is 0. The molecule has 0 unspecified atom stereocenters. The van der Waals surface area contributed by atoms with Gasteiger partial charge < -0.3 is 15.4 Å². The molecule has 0 spiro atoms. The van der Waals surface area contributed by atoms with Crippen LogP contribution >= 0.6 is 0 Å². The number of ether oxygens (including phenoxy) is 1. The molecule has 0 aliphatic carbocycles. The Bertz CT molecular complexity index is 132. The highest BCUT2D eigenvalue weighted by atomic mass is 16.6. The predicted molar refractivity (Wildman–Crippen MR) is 41.4 cm³/mol. The molecule has 1 aliphatic rings. The Morgan fingerprint density at radius 1 is 1.55 bits per heavy atom. The van der Waals surface area contributed by atoms with Crippen molar-refractivity contribution in [1.29, 1.82) is 0 Å². The van der Waals surface area contributed by atoms with E-state index in [1.807, 2.05) is 0 Å². The zero-order valence-electron chi connectivity index (χ0n) is 6.72. The van der Waals surface area contributed by atoms with Gasteiger partial charge in [0.05, 0.1) is 0 Å². The lowest BCUT2D eigenvalue weighted by atomic mass is 10.1. The lowest BCUT2D eigenvalue weighted by molar-refractivity contribution is 0.0810. The maximum atomic E-state index is 10.7. The van der Waals surface area contributed by atoms with E-state index in [0.717, 1.165) is 25.9 Å². The minimum atomic E-state index is -0.322. The van der Waals surface area contributed by atoms with Crippen LogP contribution in [0.25, 0.3) is 0 Å². The Morgan fingerprint density at radius 2 is 2.18 bits per heavy atom. The normalized spacial score (nSPS) is 19.4. The summed E-state index contributed by atoms with van der Waals surface area (Å²) in [6, 6.07) is 0. The number of rotatable bonds is 1. The van der Waals surface area contributed by atoms with Gasteiger partial charge in [-0.2, -0.15) is 0 Å². The van der Waals surface area contributed by atoms with E-state index in [2.05, 4.69) is 10.6 Å². The van der Waals surface area contributed by atoms with Crippen molar-refractivity contribution in [1.82, 2.24) is 10.6 Å². The zero-order valence-corrected chi connectivity index (χ0v) is 6.72. The summed E-state index contributed by atoms with van der Waals surface area (Å²) < 4.78 is 5.05. The zero-order chi connectivity index (χ0) is 8.10. The van der Waals surface area contributed by atoms with Crippen molar-refractivity contribution in [2.45, 2.75) is 18.9 Å². The number of alkyl carbamates (subject to hydrolysis) is 1. The topological polar surface area (TPSA) is 50.4 Å². The van der Waals surface area contributed by atoms with Crippen LogP contribution in [0.3, 0.4) is 0 Å². The lowest BCUT2D eigenvalue weighted by Gasteiger charge is -2.22. The smallest absolute Gasteiger partial charge is 0.407 e. The summed E-state index contributed by atoms with van der Waals surface area (Å²) in [6.07, 6.45) is 1.63. The van der Waals surface area contributed by atoms with Gasteiger partial charge in [-0.25, -0.2) is 4.79 Å². The molecule has 11 heavy (non-hydrogen) atoms. The molecule has 0 bridgehead atoms. The standard InChI is InChI=1S/C7H14N2O2/c1-8-7(10)11-6-2-4-9-5-3-6/h6,9H,2-5H2,1H3,(H,8,10). The SMILES string of the molecule is CNC(=O)OC1CCNCC1. The fourth-order valence-corrected chi connectivity index (χ4v) is 1.12. The Kier molecular flexibility index (Phi) is 3.16. The third kappa shape index (κ3) is 2.76. The van der Waals surface area contributed by atoms with E-state index in [-0.39, 0.29) is 12.2 Å². The summed E-state index contributed by atoms with van der Waals surface area (Å²) >= 11 is 0. The molecule has 64 valence electrons. The van der Waals surface area contributed by atoms with Crippen LogP contribution in [0.15, 0.2) is 0 Å². The molecule has 1 saturated heterocycles. The molecule has 1 heterocycles. The molecule has 0 aromatic rings. The van der Waals surface area contributed by atoms with E-state index in [9.17, 15) is 4.79 Å². The fraction of sp³-hybridized carbons (Fsp3) is 0.857. The highest BCUT2D eigenvalue weighted by molar-refractivity contribution is 5.66. The first kappa shape index (κ1) is 8.33. The Balaban J connectivity index is 2.19. The predicted octanol–water partition coefficient (Wildman–Crippen LogP) is 0.0944. The molecule has 0 aromatic carbocycles. The number of carbonyl (C=O) groups is 1. The molecule has 2 N–H and O–H groups in total. The van der Waals surface area contributed by atoms with Gasteiger partial charge in [-0.3, -0.25) is 0 Å². The summed E-state index contributed by atoms with van der Waals surface area (Å²) in [6.45, 7) is 1.89. The fourth-order valence-electron chi connectivity index (χ4n) is 1.12. The van der Waals surface area contributed by atoms with Crippen LogP contribution in [0.5, 0.6) is 0 Å². The summed E-state index contributed by atoms with van der Waals surface area (Å²) in [5, 5.41) is 5.62. The van der Waals surface area contributed by atoms with E-state index in [4.69, 9.17) is 4.74 Å². The van der Waals surface area contributed by atoms with Gasteiger partial charge in [-0.05, 0) is 25.9 Å². The molecule has 1 rings (SSSR count). The monoisotopic (exact) mass is 158 g/mol. The Labute approximate surface area is 66.3 Å². The summed E-state index contributed by atoms with van der Waals surface area (Å²) in [4.78, 5) is 10.7. The molecule has 4 heteroatoms. The first-order valence-corrected chi connectivity index (χ1v) is 3.92. The molecule has 4 nitrogen and oxygen atoms in total. The van der Waals surface area contributed by atoms with Crippen LogP contribution in [-0.2, 0) is 4.74 Å². The van der Waals surface area contributed by atoms with Crippen molar-refractivity contribution in [3.05, 3.63) is 0 Å². The highest BCUT2D eigenvalue weighted by Gasteiger charge is 2.15. The second-order valence-corrected chi connectivity index (χ2v) is 2.60. The Hall–Kier alpha value is -0.770. The van der Waals surface area contributed by atoms with Gasteiger partial charge in [-0.15, -0.1) is 0 Å². The number of amides is 1. The van der Waals surface area contributed by atoms with Crippen molar-refractivity contribution >= 4 is 6.09 Å². The maximum Gasteiger partial charge on any atom is 0.407 e. The van der Waals surface area contributed by atoms with Gasteiger partial charge in [0.15, 0.2) is 0 Å².